The minimum Gasteiger partial charge on any atom is -0.346 e. The summed E-state index contributed by atoms with van der Waals surface area (Å²) >= 11 is 0. The zero-order valence-corrected chi connectivity index (χ0v) is 14.7. The predicted octanol–water partition coefficient (Wildman–Crippen LogP) is 0.746. The molecule has 0 spiro atoms. The first-order valence-corrected chi connectivity index (χ1v) is 9.75. The molecule has 0 aromatic carbocycles. The van der Waals surface area contributed by atoms with Crippen LogP contribution < -0.4 is 5.73 Å². The van der Waals surface area contributed by atoms with Crippen molar-refractivity contribution in [3.8, 4) is 11.3 Å². The Hall–Kier alpha value is -2.23. The number of hydrogen-bond acceptors (Lipinski definition) is 5. The maximum atomic E-state index is 12.0. The van der Waals surface area contributed by atoms with Crippen molar-refractivity contribution >= 4 is 21.1 Å². The zero-order valence-electron chi connectivity index (χ0n) is 13.9. The van der Waals surface area contributed by atoms with Gasteiger partial charge >= 0.3 is 0 Å². The maximum Gasteiger partial charge on any atom is 0.213 e. The van der Waals surface area contributed by atoms with Gasteiger partial charge in [0.05, 0.1) is 17.0 Å². The third-order valence-electron chi connectivity index (χ3n) is 4.95. The van der Waals surface area contributed by atoms with E-state index < -0.39 is 15.6 Å². The molecule has 1 saturated heterocycles. The van der Waals surface area contributed by atoms with E-state index in [2.05, 4.69) is 15.0 Å². The monoisotopic (exact) mass is 360 g/mol. The highest BCUT2D eigenvalue weighted by molar-refractivity contribution is 7.89. The van der Waals surface area contributed by atoms with E-state index in [1.165, 1.54) is 10.6 Å². The van der Waals surface area contributed by atoms with Gasteiger partial charge in [0.25, 0.3) is 0 Å². The SMILES string of the molecule is CCS(=O)(=O)N1CC(CN)(n2ccc(-c3ncnc4[nH]ccc34)c2)C1. The molecule has 0 aliphatic carbocycles. The normalized spacial score (nSPS) is 17.7. The lowest BCUT2D eigenvalue weighted by Gasteiger charge is -2.49. The molecule has 0 amide bonds. The van der Waals surface area contributed by atoms with Crippen LogP contribution in [0.15, 0.2) is 37.1 Å². The summed E-state index contributed by atoms with van der Waals surface area (Å²) in [6.45, 7) is 2.83. The molecule has 3 aromatic heterocycles. The smallest absolute Gasteiger partial charge is 0.213 e. The lowest BCUT2D eigenvalue weighted by molar-refractivity contribution is 0.0891. The molecule has 0 saturated carbocycles. The van der Waals surface area contributed by atoms with Gasteiger partial charge in [-0.15, -0.1) is 0 Å². The van der Waals surface area contributed by atoms with Crippen molar-refractivity contribution in [1.82, 2.24) is 23.8 Å². The number of aromatic amines is 1. The summed E-state index contributed by atoms with van der Waals surface area (Å²) < 4.78 is 27.5. The molecule has 8 nitrogen and oxygen atoms in total. The van der Waals surface area contributed by atoms with Crippen molar-refractivity contribution < 1.29 is 8.42 Å². The average molecular weight is 360 g/mol. The largest absolute Gasteiger partial charge is 0.346 e. The summed E-state index contributed by atoms with van der Waals surface area (Å²) in [6.07, 6.45) is 7.29. The van der Waals surface area contributed by atoms with Crippen LogP contribution in [0.1, 0.15) is 6.92 Å². The molecule has 0 atom stereocenters. The minimum absolute atomic E-state index is 0.108. The number of nitrogens with one attached hydrogen (secondary N) is 1. The number of sulfonamides is 1. The third kappa shape index (κ3) is 2.46. The highest BCUT2D eigenvalue weighted by Crippen LogP contribution is 2.33. The van der Waals surface area contributed by atoms with E-state index in [0.29, 0.717) is 19.6 Å². The number of aromatic nitrogens is 4. The summed E-state index contributed by atoms with van der Waals surface area (Å²) in [6, 6.07) is 3.92. The van der Waals surface area contributed by atoms with Crippen molar-refractivity contribution in [2.24, 2.45) is 5.73 Å². The Labute approximate surface area is 145 Å². The first-order valence-electron chi connectivity index (χ1n) is 8.14. The van der Waals surface area contributed by atoms with Crippen molar-refractivity contribution in [2.75, 3.05) is 25.4 Å². The van der Waals surface area contributed by atoms with Crippen molar-refractivity contribution in [3.05, 3.63) is 37.1 Å². The van der Waals surface area contributed by atoms with Crippen LogP contribution in [0.4, 0.5) is 0 Å². The Morgan fingerprint density at radius 2 is 2.12 bits per heavy atom. The van der Waals surface area contributed by atoms with E-state index >= 15 is 0 Å². The van der Waals surface area contributed by atoms with Crippen LogP contribution >= 0.6 is 0 Å². The number of nitrogens with zero attached hydrogens (tertiary/aromatic N) is 4. The van der Waals surface area contributed by atoms with Gasteiger partial charge in [-0.05, 0) is 19.1 Å². The fourth-order valence-corrected chi connectivity index (χ4v) is 4.56. The van der Waals surface area contributed by atoms with Gasteiger partial charge in [0.2, 0.25) is 10.0 Å². The van der Waals surface area contributed by atoms with Crippen LogP contribution in [-0.4, -0.2) is 57.6 Å². The molecule has 3 aromatic rings. The van der Waals surface area contributed by atoms with E-state index in [-0.39, 0.29) is 5.75 Å². The second kappa shape index (κ2) is 5.65. The van der Waals surface area contributed by atoms with Crippen molar-refractivity contribution in [3.63, 3.8) is 0 Å². The predicted molar refractivity (Wildman–Crippen MR) is 95.4 cm³/mol. The number of rotatable bonds is 5. The molecule has 1 aliphatic heterocycles. The first-order chi connectivity index (χ1) is 12.0. The number of fused-ring (bicyclic) bond motifs is 1. The molecule has 1 aliphatic rings. The average Bonchev–Trinajstić information content (AvgIpc) is 3.23. The third-order valence-corrected chi connectivity index (χ3v) is 6.72. The highest BCUT2D eigenvalue weighted by Gasteiger charge is 2.47. The molecule has 0 bridgehead atoms. The molecule has 9 heteroatoms. The topological polar surface area (TPSA) is 110 Å². The molecule has 3 N–H and O–H groups in total. The van der Waals surface area contributed by atoms with Gasteiger partial charge in [-0.25, -0.2) is 18.4 Å². The molecular weight excluding hydrogens is 340 g/mol. The van der Waals surface area contributed by atoms with Crippen molar-refractivity contribution in [1.29, 1.82) is 0 Å². The summed E-state index contributed by atoms with van der Waals surface area (Å²) in [5.41, 5.74) is 8.18. The lowest BCUT2D eigenvalue weighted by Crippen LogP contribution is -2.67. The fraction of sp³-hybridized carbons (Fsp3) is 0.375. The molecule has 4 rings (SSSR count). The van der Waals surface area contributed by atoms with Gasteiger partial charge in [-0.2, -0.15) is 4.31 Å². The Morgan fingerprint density at radius 1 is 1.32 bits per heavy atom. The quantitative estimate of drug-likeness (QED) is 0.697. The van der Waals surface area contributed by atoms with Gasteiger partial charge in [-0.1, -0.05) is 0 Å². The summed E-state index contributed by atoms with van der Waals surface area (Å²) in [5.74, 6) is 0.108. The summed E-state index contributed by atoms with van der Waals surface area (Å²) in [7, 11) is -3.18. The molecule has 1 fully saturated rings. The number of nitrogens with two attached hydrogens (primary N) is 1. The lowest BCUT2D eigenvalue weighted by atomic mass is 9.92. The first kappa shape index (κ1) is 16.2. The van der Waals surface area contributed by atoms with E-state index in [1.54, 1.807) is 6.92 Å². The van der Waals surface area contributed by atoms with E-state index in [0.717, 1.165) is 22.3 Å². The summed E-state index contributed by atoms with van der Waals surface area (Å²) in [5, 5.41) is 0.950. The van der Waals surface area contributed by atoms with E-state index in [4.69, 9.17) is 5.73 Å². The van der Waals surface area contributed by atoms with Gasteiger partial charge < -0.3 is 15.3 Å². The Balaban J connectivity index is 1.66. The molecule has 132 valence electrons. The molecule has 25 heavy (non-hydrogen) atoms. The van der Waals surface area contributed by atoms with Crippen LogP contribution in [-0.2, 0) is 15.6 Å². The van der Waals surface area contributed by atoms with E-state index in [1.807, 2.05) is 35.3 Å². The number of hydrogen-bond donors (Lipinski definition) is 2. The van der Waals surface area contributed by atoms with Crippen LogP contribution in [0.2, 0.25) is 0 Å². The van der Waals surface area contributed by atoms with Gasteiger partial charge in [0.1, 0.15) is 12.0 Å². The molecule has 0 unspecified atom stereocenters. The second-order valence-electron chi connectivity index (χ2n) is 6.37. The highest BCUT2D eigenvalue weighted by atomic mass is 32.2. The molecular formula is C16H20N6O2S. The zero-order chi connectivity index (χ0) is 17.7. The van der Waals surface area contributed by atoms with E-state index in [9.17, 15) is 8.42 Å². The van der Waals surface area contributed by atoms with Crippen molar-refractivity contribution in [2.45, 2.75) is 12.5 Å². The fourth-order valence-electron chi connectivity index (χ4n) is 3.32. The standard InChI is InChI=1S/C16H20N6O2S/c1-2-25(23,24)22-9-16(8-17,10-22)21-6-4-12(7-21)14-13-3-5-18-15(13)20-11-19-14/h3-7,11H,2,8-10,17H2,1H3,(H,18,19,20). The maximum absolute atomic E-state index is 12.0. The second-order valence-corrected chi connectivity index (χ2v) is 8.62. The van der Waals surface area contributed by atoms with Crippen LogP contribution in [0.3, 0.4) is 0 Å². The minimum atomic E-state index is -3.18. The molecule has 4 heterocycles. The summed E-state index contributed by atoms with van der Waals surface area (Å²) in [4.78, 5) is 11.7. The van der Waals surface area contributed by atoms with Crippen LogP contribution in [0.5, 0.6) is 0 Å². The van der Waals surface area contributed by atoms with Gasteiger partial charge in [0.15, 0.2) is 0 Å². The Morgan fingerprint density at radius 3 is 2.84 bits per heavy atom. The van der Waals surface area contributed by atoms with Gasteiger partial charge in [0, 0.05) is 49.2 Å². The van der Waals surface area contributed by atoms with Gasteiger partial charge in [-0.3, -0.25) is 0 Å². The Kier molecular flexibility index (Phi) is 3.67. The van der Waals surface area contributed by atoms with Crippen LogP contribution in [0, 0.1) is 0 Å². The number of H-pyrrole nitrogens is 1. The Bertz CT molecular complexity index is 1020. The van der Waals surface area contributed by atoms with Crippen LogP contribution in [0.25, 0.3) is 22.3 Å². The molecule has 0 radical (unpaired) electrons.